The molecule has 2 N–H and O–H groups in total. The van der Waals surface area contributed by atoms with Crippen molar-refractivity contribution in [1.29, 1.82) is 0 Å². The van der Waals surface area contributed by atoms with E-state index < -0.39 is 0 Å². The Kier molecular flexibility index (Phi) is 6.35. The van der Waals surface area contributed by atoms with Crippen LogP contribution in [-0.4, -0.2) is 47.0 Å². The van der Waals surface area contributed by atoms with Crippen LogP contribution < -0.4 is 10.6 Å². The summed E-state index contributed by atoms with van der Waals surface area (Å²) in [5.74, 6) is 0.975. The zero-order valence-electron chi connectivity index (χ0n) is 11.5. The van der Waals surface area contributed by atoms with E-state index in [0.29, 0.717) is 29.9 Å². The number of nitrogens with zero attached hydrogens (tertiary/aromatic N) is 3. The van der Waals surface area contributed by atoms with Crippen molar-refractivity contribution in [2.75, 3.05) is 36.8 Å². The Morgan fingerprint density at radius 2 is 2.00 bits per heavy atom. The van der Waals surface area contributed by atoms with Crippen molar-refractivity contribution in [3.8, 4) is 0 Å². The van der Waals surface area contributed by atoms with Crippen LogP contribution in [0.5, 0.6) is 0 Å². The van der Waals surface area contributed by atoms with Crippen molar-refractivity contribution in [2.24, 2.45) is 0 Å². The molecule has 0 saturated carbocycles. The van der Waals surface area contributed by atoms with Gasteiger partial charge in [-0.2, -0.15) is 4.98 Å². The highest BCUT2D eigenvalue weighted by Crippen LogP contribution is 2.18. The number of carbonyl (C=O) groups excluding carboxylic acids is 1. The summed E-state index contributed by atoms with van der Waals surface area (Å²) in [4.78, 5) is 21.8. The molecule has 1 heterocycles. The normalized spacial score (nSPS) is 10.1. The molecule has 0 aliphatic heterocycles. The number of anilines is 2. The molecule has 0 unspecified atom stereocenters. The van der Waals surface area contributed by atoms with Gasteiger partial charge in [0.05, 0.1) is 12.7 Å². The minimum atomic E-state index is 0.0182. The fraction of sp³-hybridized carbons (Fsp3) is 0.583. The van der Waals surface area contributed by atoms with E-state index in [9.17, 15) is 4.79 Å². The summed E-state index contributed by atoms with van der Waals surface area (Å²) in [6, 6.07) is 0. The van der Waals surface area contributed by atoms with Crippen molar-refractivity contribution in [1.82, 2.24) is 14.9 Å². The molecule has 19 heavy (non-hydrogen) atoms. The molecule has 0 atom stereocenters. The summed E-state index contributed by atoms with van der Waals surface area (Å²) in [5.41, 5.74) is 0. The summed E-state index contributed by atoms with van der Waals surface area (Å²) < 4.78 is 0. The summed E-state index contributed by atoms with van der Waals surface area (Å²) in [5, 5.41) is 6.34. The second-order valence-corrected chi connectivity index (χ2v) is 4.25. The van der Waals surface area contributed by atoms with E-state index in [4.69, 9.17) is 11.6 Å². The first-order valence-electron chi connectivity index (χ1n) is 6.40. The first kappa shape index (κ1) is 15.5. The standard InChI is InChI=1S/C12H20ClN5O/c1-4-14-12-16-7-9(13)11(17-12)15-8-10(19)18(5-2)6-3/h7H,4-6,8H2,1-3H3,(H2,14,15,16,17). The van der Waals surface area contributed by atoms with Gasteiger partial charge in [-0.15, -0.1) is 0 Å². The van der Waals surface area contributed by atoms with Gasteiger partial charge < -0.3 is 15.5 Å². The predicted octanol–water partition coefficient (Wildman–Crippen LogP) is 1.84. The predicted molar refractivity (Wildman–Crippen MR) is 77.6 cm³/mol. The summed E-state index contributed by atoms with van der Waals surface area (Å²) in [6.45, 7) is 8.12. The molecule has 0 fully saturated rings. The lowest BCUT2D eigenvalue weighted by Gasteiger charge is -2.19. The summed E-state index contributed by atoms with van der Waals surface area (Å²) in [6.07, 6.45) is 1.51. The van der Waals surface area contributed by atoms with Gasteiger partial charge >= 0.3 is 0 Å². The molecular weight excluding hydrogens is 266 g/mol. The second-order valence-electron chi connectivity index (χ2n) is 3.84. The van der Waals surface area contributed by atoms with E-state index >= 15 is 0 Å². The van der Waals surface area contributed by atoms with Gasteiger partial charge in [0.1, 0.15) is 5.02 Å². The molecule has 1 rings (SSSR count). The van der Waals surface area contributed by atoms with Crippen LogP contribution in [-0.2, 0) is 4.79 Å². The third kappa shape index (κ3) is 4.55. The summed E-state index contributed by atoms with van der Waals surface area (Å²) in [7, 11) is 0. The fourth-order valence-electron chi connectivity index (χ4n) is 1.58. The zero-order chi connectivity index (χ0) is 14.3. The fourth-order valence-corrected chi connectivity index (χ4v) is 1.74. The van der Waals surface area contributed by atoms with Crippen molar-refractivity contribution in [2.45, 2.75) is 20.8 Å². The van der Waals surface area contributed by atoms with Gasteiger partial charge in [-0.3, -0.25) is 4.79 Å². The lowest BCUT2D eigenvalue weighted by Crippen LogP contribution is -2.35. The number of aromatic nitrogens is 2. The number of rotatable bonds is 7. The highest BCUT2D eigenvalue weighted by Gasteiger charge is 2.11. The van der Waals surface area contributed by atoms with Gasteiger partial charge in [0, 0.05) is 19.6 Å². The van der Waals surface area contributed by atoms with Crippen LogP contribution in [0, 0.1) is 0 Å². The lowest BCUT2D eigenvalue weighted by molar-refractivity contribution is -0.128. The minimum absolute atomic E-state index is 0.0182. The highest BCUT2D eigenvalue weighted by atomic mass is 35.5. The molecule has 1 aromatic heterocycles. The minimum Gasteiger partial charge on any atom is -0.360 e. The third-order valence-electron chi connectivity index (χ3n) is 2.60. The van der Waals surface area contributed by atoms with E-state index in [1.807, 2.05) is 20.8 Å². The van der Waals surface area contributed by atoms with E-state index in [2.05, 4.69) is 20.6 Å². The quantitative estimate of drug-likeness (QED) is 0.800. The average molecular weight is 286 g/mol. The van der Waals surface area contributed by atoms with E-state index in [-0.39, 0.29) is 12.5 Å². The molecular formula is C12H20ClN5O. The molecule has 0 aliphatic rings. The molecule has 6 nitrogen and oxygen atoms in total. The van der Waals surface area contributed by atoms with Gasteiger partial charge in [-0.05, 0) is 20.8 Å². The highest BCUT2D eigenvalue weighted by molar-refractivity contribution is 6.32. The van der Waals surface area contributed by atoms with Crippen LogP contribution in [0.2, 0.25) is 5.02 Å². The number of carbonyl (C=O) groups is 1. The van der Waals surface area contributed by atoms with Crippen LogP contribution in [0.3, 0.4) is 0 Å². The van der Waals surface area contributed by atoms with Crippen molar-refractivity contribution >= 4 is 29.3 Å². The molecule has 0 spiro atoms. The van der Waals surface area contributed by atoms with Crippen molar-refractivity contribution in [3.63, 3.8) is 0 Å². The van der Waals surface area contributed by atoms with Gasteiger partial charge in [0.25, 0.3) is 0 Å². The van der Waals surface area contributed by atoms with Gasteiger partial charge in [0.15, 0.2) is 5.82 Å². The van der Waals surface area contributed by atoms with Crippen LogP contribution in [0.25, 0.3) is 0 Å². The SMILES string of the molecule is CCNc1ncc(Cl)c(NCC(=O)N(CC)CC)n1. The number of likely N-dealkylation sites (N-methyl/N-ethyl adjacent to an activating group) is 1. The number of hydrogen-bond acceptors (Lipinski definition) is 5. The van der Waals surface area contributed by atoms with E-state index in [0.717, 1.165) is 6.54 Å². The Morgan fingerprint density at radius 1 is 1.32 bits per heavy atom. The molecule has 0 aromatic carbocycles. The van der Waals surface area contributed by atoms with Gasteiger partial charge in [-0.1, -0.05) is 11.6 Å². The van der Waals surface area contributed by atoms with Crippen molar-refractivity contribution < 1.29 is 4.79 Å². The van der Waals surface area contributed by atoms with E-state index in [1.54, 1.807) is 4.90 Å². The Bertz CT molecular complexity index is 423. The van der Waals surface area contributed by atoms with Crippen molar-refractivity contribution in [3.05, 3.63) is 11.2 Å². The van der Waals surface area contributed by atoms with E-state index in [1.165, 1.54) is 6.20 Å². The maximum atomic E-state index is 11.9. The Balaban J connectivity index is 2.66. The smallest absolute Gasteiger partial charge is 0.241 e. The van der Waals surface area contributed by atoms with Gasteiger partial charge in [-0.25, -0.2) is 4.98 Å². The molecule has 1 aromatic rings. The lowest BCUT2D eigenvalue weighted by atomic mass is 10.4. The zero-order valence-corrected chi connectivity index (χ0v) is 12.3. The number of amides is 1. The summed E-state index contributed by atoms with van der Waals surface area (Å²) >= 11 is 5.99. The molecule has 0 bridgehead atoms. The molecule has 7 heteroatoms. The maximum absolute atomic E-state index is 11.9. The number of hydrogen-bond donors (Lipinski definition) is 2. The largest absolute Gasteiger partial charge is 0.360 e. The first-order valence-corrected chi connectivity index (χ1v) is 6.78. The maximum Gasteiger partial charge on any atom is 0.241 e. The monoisotopic (exact) mass is 285 g/mol. The average Bonchev–Trinajstić information content (AvgIpc) is 2.41. The number of halogens is 1. The Morgan fingerprint density at radius 3 is 2.58 bits per heavy atom. The Labute approximate surface area is 118 Å². The van der Waals surface area contributed by atoms with Crippen LogP contribution in [0.4, 0.5) is 11.8 Å². The molecule has 1 amide bonds. The molecule has 106 valence electrons. The van der Waals surface area contributed by atoms with Crippen LogP contribution in [0.1, 0.15) is 20.8 Å². The molecule has 0 saturated heterocycles. The number of nitrogens with one attached hydrogen (secondary N) is 2. The topological polar surface area (TPSA) is 70.2 Å². The first-order chi connectivity index (χ1) is 9.12. The third-order valence-corrected chi connectivity index (χ3v) is 2.88. The molecule has 0 radical (unpaired) electrons. The van der Waals surface area contributed by atoms with Crippen LogP contribution >= 0.6 is 11.6 Å². The van der Waals surface area contributed by atoms with Crippen LogP contribution in [0.15, 0.2) is 6.20 Å². The Hall–Kier alpha value is -1.56. The van der Waals surface area contributed by atoms with Gasteiger partial charge in [0.2, 0.25) is 11.9 Å². The molecule has 0 aliphatic carbocycles. The second kappa shape index (κ2) is 7.78.